The van der Waals surface area contributed by atoms with Crippen molar-refractivity contribution in [1.29, 1.82) is 0 Å². The van der Waals surface area contributed by atoms with Crippen molar-refractivity contribution in [2.45, 2.75) is 263 Å². The zero-order chi connectivity index (χ0) is 44.8. The van der Waals surface area contributed by atoms with Crippen molar-refractivity contribution < 1.29 is 56.8 Å². The molecule has 6 atom stereocenters. The van der Waals surface area contributed by atoms with Crippen LogP contribution in [-0.2, 0) is 38.7 Å². The number of ether oxygens (including phenoxy) is 4. The molecule has 1 saturated heterocycles. The van der Waals surface area contributed by atoms with E-state index in [1.54, 1.807) is 0 Å². The van der Waals surface area contributed by atoms with Gasteiger partial charge in [-0.3, -0.25) is 14.1 Å². The number of hydrogen-bond acceptors (Lipinski definition) is 11. The van der Waals surface area contributed by atoms with Gasteiger partial charge in [0.2, 0.25) is 0 Å². The molecule has 0 bridgehead atoms. The maximum Gasteiger partial charge on any atom is 0.306 e. The zero-order valence-corrected chi connectivity index (χ0v) is 39.4. The molecule has 1 rings (SSSR count). The molecular weight excluding hydrogens is 801 g/mol. The number of allylic oxidation sites excluding steroid dienone is 2. The van der Waals surface area contributed by atoms with E-state index in [1.165, 1.54) is 148 Å². The monoisotopic (exact) mass is 891 g/mol. The number of aliphatic hydroxyl groups is 3. The van der Waals surface area contributed by atoms with Crippen LogP contribution in [0.1, 0.15) is 226 Å². The maximum absolute atomic E-state index is 12.8. The standard InChI is InChI=1S/C48H90O12S/c1-3-5-7-9-11-13-15-17-19-20-21-23-25-27-29-31-33-35-37-44(50)59-41(39-58-48-47(53)46(52)45(51)42(60-48)40-61(54,55)56)38-57-43(49)36-34-32-30-28-26-24-22-18-16-14-12-10-8-6-4-2/h26,28,41-42,45-48,51-53H,3-25,27,29-40H2,1-2H3,(H,54,55,56)/b28-26+/t41-,42-,45-,46?,47?,48+/m1/s1. The van der Waals surface area contributed by atoms with E-state index in [0.717, 1.165) is 38.5 Å². The summed E-state index contributed by atoms with van der Waals surface area (Å²) in [5.74, 6) is -1.99. The van der Waals surface area contributed by atoms with Crippen molar-refractivity contribution in [3.63, 3.8) is 0 Å². The van der Waals surface area contributed by atoms with Crippen LogP contribution in [0, 0.1) is 0 Å². The van der Waals surface area contributed by atoms with Gasteiger partial charge in [0.05, 0.1) is 6.61 Å². The Balaban J connectivity index is 2.40. The summed E-state index contributed by atoms with van der Waals surface area (Å²) in [6.07, 6.45) is 32.6. The molecule has 1 aliphatic heterocycles. The lowest BCUT2D eigenvalue weighted by Gasteiger charge is -2.40. The van der Waals surface area contributed by atoms with Crippen LogP contribution >= 0.6 is 0 Å². The van der Waals surface area contributed by atoms with Gasteiger partial charge in [-0.2, -0.15) is 8.42 Å². The van der Waals surface area contributed by atoms with Crippen LogP contribution in [0.4, 0.5) is 0 Å². The minimum atomic E-state index is -4.60. The lowest BCUT2D eigenvalue weighted by Crippen LogP contribution is -2.60. The summed E-state index contributed by atoms with van der Waals surface area (Å²) in [7, 11) is -4.60. The van der Waals surface area contributed by atoms with Gasteiger partial charge >= 0.3 is 11.9 Å². The van der Waals surface area contributed by atoms with Crippen LogP contribution in [0.25, 0.3) is 0 Å². The molecule has 0 aromatic heterocycles. The molecule has 0 amide bonds. The predicted molar refractivity (Wildman–Crippen MR) is 243 cm³/mol. The normalized spacial score (nSPS) is 20.0. The summed E-state index contributed by atoms with van der Waals surface area (Å²) in [5.41, 5.74) is 0. The lowest BCUT2D eigenvalue weighted by molar-refractivity contribution is -0.297. The molecule has 0 spiro atoms. The first-order valence-corrected chi connectivity index (χ1v) is 26.4. The van der Waals surface area contributed by atoms with E-state index in [0.29, 0.717) is 12.8 Å². The number of aliphatic hydroxyl groups excluding tert-OH is 3. The SMILES string of the molecule is CCCCCCCCCCC/C=C/CCCCC(=O)OC[C@H](CO[C@H]1O[C@H](CS(=O)(=O)O)[C@@H](O)C(O)C1O)OC(=O)CCCCCCCCCCCCCCCCCCCC. The van der Waals surface area contributed by atoms with Gasteiger partial charge in [-0.25, -0.2) is 0 Å². The van der Waals surface area contributed by atoms with E-state index >= 15 is 0 Å². The van der Waals surface area contributed by atoms with Gasteiger partial charge in [0, 0.05) is 12.8 Å². The Hall–Kier alpha value is -1.61. The minimum absolute atomic E-state index is 0.166. The minimum Gasteiger partial charge on any atom is -0.462 e. The second-order valence-electron chi connectivity index (χ2n) is 17.5. The lowest BCUT2D eigenvalue weighted by atomic mass is 10.00. The molecule has 2 unspecified atom stereocenters. The number of esters is 2. The highest BCUT2D eigenvalue weighted by atomic mass is 32.2. The number of carbonyl (C=O) groups excluding carboxylic acids is 2. The smallest absolute Gasteiger partial charge is 0.306 e. The summed E-state index contributed by atoms with van der Waals surface area (Å²) < 4.78 is 54.1. The fraction of sp³-hybridized carbons (Fsp3) is 0.917. The molecular formula is C48H90O12S. The van der Waals surface area contributed by atoms with Crippen molar-refractivity contribution in [2.75, 3.05) is 19.0 Å². The number of rotatable bonds is 42. The molecule has 0 radical (unpaired) electrons. The van der Waals surface area contributed by atoms with Gasteiger partial charge < -0.3 is 34.3 Å². The highest BCUT2D eigenvalue weighted by Gasteiger charge is 2.46. The molecule has 0 aromatic carbocycles. The van der Waals surface area contributed by atoms with Gasteiger partial charge in [0.1, 0.15) is 36.8 Å². The Morgan fingerprint density at radius 3 is 1.39 bits per heavy atom. The van der Waals surface area contributed by atoms with Crippen LogP contribution in [-0.4, -0.2) is 96.0 Å². The van der Waals surface area contributed by atoms with E-state index in [4.69, 9.17) is 18.9 Å². The zero-order valence-electron chi connectivity index (χ0n) is 38.5. The molecule has 12 nitrogen and oxygen atoms in total. The molecule has 1 aliphatic rings. The van der Waals surface area contributed by atoms with Gasteiger partial charge in [-0.15, -0.1) is 0 Å². The number of hydrogen-bond donors (Lipinski definition) is 4. The summed E-state index contributed by atoms with van der Waals surface area (Å²) in [6.45, 7) is 3.77. The number of unbranched alkanes of at least 4 members (excludes halogenated alkanes) is 28. The van der Waals surface area contributed by atoms with Crippen LogP contribution in [0.5, 0.6) is 0 Å². The van der Waals surface area contributed by atoms with Gasteiger partial charge in [-0.1, -0.05) is 187 Å². The molecule has 360 valence electrons. The highest BCUT2D eigenvalue weighted by Crippen LogP contribution is 2.24. The van der Waals surface area contributed by atoms with Crippen molar-refractivity contribution >= 4 is 22.1 Å². The first-order valence-electron chi connectivity index (χ1n) is 24.7. The maximum atomic E-state index is 12.8. The van der Waals surface area contributed by atoms with Crippen molar-refractivity contribution in [3.05, 3.63) is 12.2 Å². The first-order chi connectivity index (χ1) is 29.5. The topological polar surface area (TPSA) is 186 Å². The third-order valence-electron chi connectivity index (χ3n) is 11.6. The second-order valence-corrected chi connectivity index (χ2v) is 19.0. The van der Waals surface area contributed by atoms with E-state index in [-0.39, 0.29) is 19.4 Å². The van der Waals surface area contributed by atoms with Gasteiger partial charge in [0.15, 0.2) is 12.4 Å². The summed E-state index contributed by atoms with van der Waals surface area (Å²) >= 11 is 0. The molecule has 13 heteroatoms. The van der Waals surface area contributed by atoms with Crippen molar-refractivity contribution in [3.8, 4) is 0 Å². The summed E-state index contributed by atoms with van der Waals surface area (Å²) in [6, 6.07) is 0. The molecule has 1 heterocycles. The quantitative estimate of drug-likeness (QED) is 0.0197. The van der Waals surface area contributed by atoms with E-state index in [2.05, 4.69) is 26.0 Å². The highest BCUT2D eigenvalue weighted by molar-refractivity contribution is 7.85. The van der Waals surface area contributed by atoms with Crippen molar-refractivity contribution in [2.24, 2.45) is 0 Å². The molecule has 61 heavy (non-hydrogen) atoms. The Kier molecular flexibility index (Phi) is 36.5. The Morgan fingerprint density at radius 2 is 0.934 bits per heavy atom. The largest absolute Gasteiger partial charge is 0.462 e. The average molecular weight is 891 g/mol. The molecule has 0 aliphatic carbocycles. The fourth-order valence-corrected chi connectivity index (χ4v) is 8.42. The number of carbonyl (C=O) groups is 2. The Labute approximate surface area is 371 Å². The third kappa shape index (κ3) is 33.6. The summed E-state index contributed by atoms with van der Waals surface area (Å²) in [5, 5.41) is 30.9. The first kappa shape index (κ1) is 57.4. The van der Waals surface area contributed by atoms with E-state index in [1.807, 2.05) is 0 Å². The van der Waals surface area contributed by atoms with Crippen LogP contribution < -0.4 is 0 Å². The molecule has 0 aromatic rings. The van der Waals surface area contributed by atoms with Gasteiger partial charge in [-0.05, 0) is 38.5 Å². The molecule has 1 fully saturated rings. The van der Waals surface area contributed by atoms with Crippen LogP contribution in [0.3, 0.4) is 0 Å². The third-order valence-corrected chi connectivity index (χ3v) is 12.3. The Morgan fingerprint density at radius 1 is 0.541 bits per heavy atom. The molecule has 4 N–H and O–H groups in total. The van der Waals surface area contributed by atoms with Crippen molar-refractivity contribution in [1.82, 2.24) is 0 Å². The van der Waals surface area contributed by atoms with Crippen LogP contribution in [0.2, 0.25) is 0 Å². The van der Waals surface area contributed by atoms with Crippen LogP contribution in [0.15, 0.2) is 12.2 Å². The fourth-order valence-electron chi connectivity index (χ4n) is 7.73. The summed E-state index contributed by atoms with van der Waals surface area (Å²) in [4.78, 5) is 25.5. The second kappa shape index (κ2) is 38.8. The predicted octanol–water partition coefficient (Wildman–Crippen LogP) is 10.6. The molecule has 0 saturated carbocycles. The van der Waals surface area contributed by atoms with Gasteiger partial charge in [0.25, 0.3) is 10.1 Å². The van der Waals surface area contributed by atoms with E-state index in [9.17, 15) is 37.9 Å². The van der Waals surface area contributed by atoms with E-state index < -0.39 is 71.2 Å². The average Bonchev–Trinajstić information content (AvgIpc) is 3.22. The Bertz CT molecular complexity index is 1180.